The van der Waals surface area contributed by atoms with Crippen LogP contribution in [0.15, 0.2) is 61.1 Å². The lowest BCUT2D eigenvalue weighted by Crippen LogP contribution is -2.33. The molecule has 2 heterocycles. The minimum Gasteiger partial charge on any atom is -0.337 e. The molecule has 0 fully saturated rings. The van der Waals surface area contributed by atoms with Gasteiger partial charge in [-0.25, -0.2) is 4.39 Å². The van der Waals surface area contributed by atoms with Crippen LogP contribution in [-0.4, -0.2) is 38.5 Å². The average Bonchev–Trinajstić information content (AvgIpc) is 3.17. The Morgan fingerprint density at radius 2 is 1.97 bits per heavy atom. The summed E-state index contributed by atoms with van der Waals surface area (Å²) in [6.07, 6.45) is 5.30. The van der Waals surface area contributed by atoms with E-state index in [-0.39, 0.29) is 30.2 Å². The second-order valence-electron chi connectivity index (χ2n) is 6.58. The van der Waals surface area contributed by atoms with Crippen molar-refractivity contribution < 1.29 is 14.0 Å². The summed E-state index contributed by atoms with van der Waals surface area (Å²) in [5.74, 6) is -0.808. The SMILES string of the molecule is CCC(c1ccc(F)cc1)N(C)C(=O)Cn1cc(NC(=O)c2ccccn2)cn1. The molecule has 1 unspecified atom stereocenters. The number of benzene rings is 1. The largest absolute Gasteiger partial charge is 0.337 e. The van der Waals surface area contributed by atoms with Gasteiger partial charge in [-0.3, -0.25) is 19.3 Å². The fraction of sp³-hybridized carbons (Fsp3) is 0.238. The summed E-state index contributed by atoms with van der Waals surface area (Å²) in [5.41, 5.74) is 1.64. The van der Waals surface area contributed by atoms with Crippen molar-refractivity contribution in [2.75, 3.05) is 12.4 Å². The molecule has 0 aliphatic heterocycles. The van der Waals surface area contributed by atoms with E-state index >= 15 is 0 Å². The summed E-state index contributed by atoms with van der Waals surface area (Å²) in [7, 11) is 1.72. The maximum Gasteiger partial charge on any atom is 0.274 e. The Balaban J connectivity index is 1.63. The van der Waals surface area contributed by atoms with Crippen LogP contribution in [0.25, 0.3) is 0 Å². The number of hydrogen-bond donors (Lipinski definition) is 1. The van der Waals surface area contributed by atoms with E-state index in [1.165, 1.54) is 29.2 Å². The topological polar surface area (TPSA) is 80.1 Å². The Morgan fingerprint density at radius 1 is 1.21 bits per heavy atom. The molecule has 0 radical (unpaired) electrons. The molecule has 0 aliphatic rings. The molecule has 150 valence electrons. The summed E-state index contributed by atoms with van der Waals surface area (Å²) in [6.45, 7) is 1.99. The Labute approximate surface area is 168 Å². The number of rotatable bonds is 7. The van der Waals surface area contributed by atoms with E-state index in [1.54, 1.807) is 48.5 Å². The van der Waals surface area contributed by atoms with Gasteiger partial charge in [-0.2, -0.15) is 5.10 Å². The first-order valence-corrected chi connectivity index (χ1v) is 9.24. The second kappa shape index (κ2) is 9.09. The zero-order chi connectivity index (χ0) is 20.8. The summed E-state index contributed by atoms with van der Waals surface area (Å²) in [6, 6.07) is 11.1. The first-order valence-electron chi connectivity index (χ1n) is 9.24. The third-order valence-electron chi connectivity index (χ3n) is 4.59. The minimum absolute atomic E-state index is 0.0215. The zero-order valence-corrected chi connectivity index (χ0v) is 16.2. The highest BCUT2D eigenvalue weighted by Crippen LogP contribution is 2.23. The van der Waals surface area contributed by atoms with Crippen molar-refractivity contribution in [3.8, 4) is 0 Å². The predicted molar refractivity (Wildman–Crippen MR) is 107 cm³/mol. The maximum atomic E-state index is 13.2. The van der Waals surface area contributed by atoms with Gasteiger partial charge >= 0.3 is 0 Å². The van der Waals surface area contributed by atoms with Gasteiger partial charge in [0.05, 0.1) is 17.9 Å². The number of hydrogen-bond acceptors (Lipinski definition) is 4. The highest BCUT2D eigenvalue weighted by Gasteiger charge is 2.21. The number of carbonyl (C=O) groups is 2. The van der Waals surface area contributed by atoms with Crippen molar-refractivity contribution in [3.05, 3.63) is 78.1 Å². The molecule has 3 rings (SSSR count). The van der Waals surface area contributed by atoms with Gasteiger partial charge in [0, 0.05) is 19.4 Å². The van der Waals surface area contributed by atoms with Gasteiger partial charge < -0.3 is 10.2 Å². The number of pyridine rings is 1. The first kappa shape index (κ1) is 20.2. The molecule has 0 bridgehead atoms. The molecule has 3 aromatic rings. The van der Waals surface area contributed by atoms with Crippen LogP contribution in [0.3, 0.4) is 0 Å². The van der Waals surface area contributed by atoms with E-state index in [2.05, 4.69) is 15.4 Å². The van der Waals surface area contributed by atoms with Crippen LogP contribution in [-0.2, 0) is 11.3 Å². The van der Waals surface area contributed by atoms with Gasteiger partial charge in [-0.15, -0.1) is 0 Å². The summed E-state index contributed by atoms with van der Waals surface area (Å²) in [5, 5.41) is 6.84. The molecule has 0 saturated carbocycles. The van der Waals surface area contributed by atoms with E-state index in [4.69, 9.17) is 0 Å². The van der Waals surface area contributed by atoms with E-state index in [0.717, 1.165) is 5.56 Å². The van der Waals surface area contributed by atoms with Crippen LogP contribution in [0.1, 0.15) is 35.4 Å². The molecular weight excluding hydrogens is 373 g/mol. The molecule has 0 saturated heterocycles. The molecule has 1 aromatic carbocycles. The van der Waals surface area contributed by atoms with Crippen molar-refractivity contribution in [2.45, 2.75) is 25.9 Å². The lowest BCUT2D eigenvalue weighted by atomic mass is 10.0. The van der Waals surface area contributed by atoms with Gasteiger partial charge in [0.1, 0.15) is 18.1 Å². The molecule has 7 nitrogen and oxygen atoms in total. The number of nitrogens with zero attached hydrogens (tertiary/aromatic N) is 4. The number of anilines is 1. The van der Waals surface area contributed by atoms with Crippen LogP contribution in [0.5, 0.6) is 0 Å². The van der Waals surface area contributed by atoms with Gasteiger partial charge in [0.15, 0.2) is 0 Å². The first-order chi connectivity index (χ1) is 14.0. The van der Waals surface area contributed by atoms with Crippen LogP contribution in [0, 0.1) is 5.82 Å². The predicted octanol–water partition coefficient (Wildman–Crippen LogP) is 3.28. The summed E-state index contributed by atoms with van der Waals surface area (Å²) in [4.78, 5) is 30.5. The van der Waals surface area contributed by atoms with E-state index in [9.17, 15) is 14.0 Å². The monoisotopic (exact) mass is 395 g/mol. The standard InChI is InChI=1S/C21H22FN5O2/c1-3-19(15-7-9-16(22)10-8-15)26(2)20(28)14-27-13-17(12-24-27)25-21(29)18-6-4-5-11-23-18/h4-13,19H,3,14H2,1-2H3,(H,25,29). The van der Waals surface area contributed by atoms with Gasteiger partial charge in [-0.1, -0.05) is 25.1 Å². The van der Waals surface area contributed by atoms with Crippen molar-refractivity contribution in [1.29, 1.82) is 0 Å². The smallest absolute Gasteiger partial charge is 0.274 e. The molecule has 29 heavy (non-hydrogen) atoms. The fourth-order valence-corrected chi connectivity index (χ4v) is 3.05. The lowest BCUT2D eigenvalue weighted by molar-refractivity contribution is -0.133. The normalized spacial score (nSPS) is 11.7. The molecule has 2 aromatic heterocycles. The Kier molecular flexibility index (Phi) is 6.33. The third-order valence-corrected chi connectivity index (χ3v) is 4.59. The molecule has 1 N–H and O–H groups in total. The maximum absolute atomic E-state index is 13.2. The Hall–Kier alpha value is -3.55. The highest BCUT2D eigenvalue weighted by molar-refractivity contribution is 6.02. The van der Waals surface area contributed by atoms with Crippen LogP contribution in [0.2, 0.25) is 0 Å². The van der Waals surface area contributed by atoms with Crippen LogP contribution >= 0.6 is 0 Å². The number of amides is 2. The van der Waals surface area contributed by atoms with E-state index in [1.807, 2.05) is 6.92 Å². The van der Waals surface area contributed by atoms with Gasteiger partial charge in [0.2, 0.25) is 5.91 Å². The molecule has 2 amide bonds. The lowest BCUT2D eigenvalue weighted by Gasteiger charge is -2.27. The molecule has 1 atom stereocenters. The number of likely N-dealkylation sites (N-methyl/N-ethyl adjacent to an activating group) is 1. The molecule has 8 heteroatoms. The minimum atomic E-state index is -0.351. The molecule has 0 spiro atoms. The number of carbonyl (C=O) groups excluding carboxylic acids is 2. The molecular formula is C21H22FN5O2. The quantitative estimate of drug-likeness (QED) is 0.666. The zero-order valence-electron chi connectivity index (χ0n) is 16.2. The summed E-state index contributed by atoms with van der Waals surface area (Å²) >= 11 is 0. The number of nitrogens with one attached hydrogen (secondary N) is 1. The van der Waals surface area contributed by atoms with Crippen molar-refractivity contribution >= 4 is 17.5 Å². The number of aromatic nitrogens is 3. The Bertz CT molecular complexity index is 972. The molecule has 0 aliphatic carbocycles. The van der Waals surface area contributed by atoms with Crippen molar-refractivity contribution in [2.24, 2.45) is 0 Å². The van der Waals surface area contributed by atoms with Crippen LogP contribution < -0.4 is 5.32 Å². The average molecular weight is 395 g/mol. The highest BCUT2D eigenvalue weighted by atomic mass is 19.1. The summed E-state index contributed by atoms with van der Waals surface area (Å²) < 4.78 is 14.6. The van der Waals surface area contributed by atoms with Gasteiger partial charge in [-0.05, 0) is 36.2 Å². The van der Waals surface area contributed by atoms with Gasteiger partial charge in [0.25, 0.3) is 5.91 Å². The Morgan fingerprint density at radius 3 is 2.62 bits per heavy atom. The van der Waals surface area contributed by atoms with E-state index < -0.39 is 0 Å². The second-order valence-corrected chi connectivity index (χ2v) is 6.58. The fourth-order valence-electron chi connectivity index (χ4n) is 3.05. The van der Waals surface area contributed by atoms with E-state index in [0.29, 0.717) is 17.8 Å². The van der Waals surface area contributed by atoms with Crippen LogP contribution in [0.4, 0.5) is 10.1 Å². The number of halogens is 1. The van der Waals surface area contributed by atoms with Crippen molar-refractivity contribution in [1.82, 2.24) is 19.7 Å². The van der Waals surface area contributed by atoms with Crippen molar-refractivity contribution in [3.63, 3.8) is 0 Å². The third kappa shape index (κ3) is 5.04.